The van der Waals surface area contributed by atoms with E-state index in [4.69, 9.17) is 0 Å². The van der Waals surface area contributed by atoms with E-state index >= 15 is 0 Å². The summed E-state index contributed by atoms with van der Waals surface area (Å²) in [7, 11) is -5.69. The van der Waals surface area contributed by atoms with Gasteiger partial charge in [-0.3, -0.25) is 0 Å². The number of sulfonamides is 1. The third-order valence-electron chi connectivity index (χ3n) is 4.76. The van der Waals surface area contributed by atoms with Crippen molar-refractivity contribution in [2.24, 2.45) is 4.40 Å². The third-order valence-corrected chi connectivity index (χ3v) is 5.79. The lowest BCUT2D eigenvalue weighted by atomic mass is 10.0. The Hall–Kier alpha value is -0.790. The van der Waals surface area contributed by atoms with E-state index in [1.807, 2.05) is 0 Å². The summed E-state index contributed by atoms with van der Waals surface area (Å²) in [6.45, 7) is 2.23. The predicted molar refractivity (Wildman–Crippen MR) is 107 cm³/mol. The molecule has 0 rings (SSSR count). The van der Waals surface area contributed by atoms with Crippen LogP contribution in [0.3, 0.4) is 0 Å². The zero-order valence-electron chi connectivity index (χ0n) is 17.2. The van der Waals surface area contributed by atoms with Crippen LogP contribution >= 0.6 is 0 Å². The predicted octanol–water partition coefficient (Wildman–Crippen LogP) is 6.25. The van der Waals surface area contributed by atoms with Gasteiger partial charge >= 0.3 is 15.5 Å². The monoisotopic (exact) mass is 428 g/mol. The summed E-state index contributed by atoms with van der Waals surface area (Å²) in [4.78, 5) is 0. The van der Waals surface area contributed by atoms with E-state index in [0.29, 0.717) is 12.8 Å². The number of unbranched alkanes of at least 4 members (excludes halogenated alkanes) is 15. The second kappa shape index (κ2) is 16.1. The van der Waals surface area contributed by atoms with Crippen LogP contribution < -0.4 is 5.11 Å². The minimum absolute atomic E-state index is 0.256. The van der Waals surface area contributed by atoms with E-state index in [1.165, 1.54) is 70.6 Å². The van der Waals surface area contributed by atoms with Gasteiger partial charge in [0.1, 0.15) is 0 Å². The van der Waals surface area contributed by atoms with Gasteiger partial charge in [-0.15, -0.1) is 0 Å². The fourth-order valence-electron chi connectivity index (χ4n) is 3.06. The molecule has 8 heteroatoms. The van der Waals surface area contributed by atoms with Gasteiger partial charge in [-0.2, -0.15) is 26.0 Å². The molecular weight excluding hydrogens is 391 g/mol. The SMILES string of the molecule is CCCCCCCCCCCCCCCCCC/C([O-])=N/S(=O)(=O)C(F)(F)F. The number of halogens is 3. The Balaban J connectivity index is 3.45. The Labute approximate surface area is 169 Å². The Morgan fingerprint density at radius 2 is 1.04 bits per heavy atom. The normalized spacial score (nSPS) is 13.2. The third kappa shape index (κ3) is 15.2. The second-order valence-corrected chi connectivity index (χ2v) is 9.05. The first-order valence-corrected chi connectivity index (χ1v) is 12.2. The Kier molecular flexibility index (Phi) is 15.6. The molecule has 28 heavy (non-hydrogen) atoms. The van der Waals surface area contributed by atoms with E-state index in [2.05, 4.69) is 11.3 Å². The molecule has 0 saturated carbocycles. The van der Waals surface area contributed by atoms with E-state index in [-0.39, 0.29) is 6.42 Å². The van der Waals surface area contributed by atoms with Crippen LogP contribution in [0.5, 0.6) is 0 Å². The maximum absolute atomic E-state index is 12.1. The smallest absolute Gasteiger partial charge is 0.518 e. The first kappa shape index (κ1) is 27.2. The first-order chi connectivity index (χ1) is 13.2. The maximum atomic E-state index is 12.1. The minimum atomic E-state index is -5.69. The molecule has 0 atom stereocenters. The second-order valence-electron chi connectivity index (χ2n) is 7.46. The topological polar surface area (TPSA) is 69.6 Å². The molecular formula is C20H37F3NO3S-. The zero-order chi connectivity index (χ0) is 21.3. The first-order valence-electron chi connectivity index (χ1n) is 10.8. The number of hydrogen-bond acceptors (Lipinski definition) is 3. The maximum Gasteiger partial charge on any atom is 0.518 e. The number of alkyl halides is 3. The number of nitrogens with zero attached hydrogens (tertiary/aromatic N) is 1. The van der Waals surface area contributed by atoms with Gasteiger partial charge in [-0.25, -0.2) is 0 Å². The van der Waals surface area contributed by atoms with E-state index in [1.54, 1.807) is 0 Å². The molecule has 168 valence electrons. The molecule has 0 saturated heterocycles. The Morgan fingerprint density at radius 3 is 1.36 bits per heavy atom. The lowest BCUT2D eigenvalue weighted by Crippen LogP contribution is -2.26. The average molecular weight is 429 g/mol. The standard InChI is InChI=1S/C20H38F3NO3S/c1-2-3-4-5-6-7-8-9-10-11-12-13-14-15-16-17-18-19(25)24-28(26,27)20(21,22)23/h2-18H2,1H3,(H,24,25)/p-1. The molecule has 0 amide bonds. The summed E-state index contributed by atoms with van der Waals surface area (Å²) >= 11 is 0. The van der Waals surface area contributed by atoms with Crippen molar-refractivity contribution in [3.05, 3.63) is 0 Å². The highest BCUT2D eigenvalue weighted by molar-refractivity contribution is 7.91. The van der Waals surface area contributed by atoms with Crippen LogP contribution in [0.2, 0.25) is 0 Å². The van der Waals surface area contributed by atoms with Crippen LogP contribution in [0.1, 0.15) is 116 Å². The van der Waals surface area contributed by atoms with Crippen LogP contribution in [0.4, 0.5) is 13.2 Å². The molecule has 0 N–H and O–H groups in total. The van der Waals surface area contributed by atoms with Gasteiger partial charge in [0.15, 0.2) is 0 Å². The van der Waals surface area contributed by atoms with Crippen LogP contribution in [0.15, 0.2) is 4.40 Å². The summed E-state index contributed by atoms with van der Waals surface area (Å²) in [6, 6.07) is 0. The molecule has 0 aliphatic carbocycles. The molecule has 4 nitrogen and oxygen atoms in total. The molecule has 0 spiro atoms. The van der Waals surface area contributed by atoms with Gasteiger partial charge in [0.05, 0.1) is 0 Å². The molecule has 0 aromatic rings. The Morgan fingerprint density at radius 1 is 0.714 bits per heavy atom. The molecule has 0 fully saturated rings. The molecule has 0 radical (unpaired) electrons. The van der Waals surface area contributed by atoms with Crippen molar-refractivity contribution < 1.29 is 26.7 Å². The number of rotatable bonds is 18. The molecule has 0 aromatic heterocycles. The van der Waals surface area contributed by atoms with Crippen LogP contribution in [0.25, 0.3) is 0 Å². The summed E-state index contributed by atoms with van der Waals surface area (Å²) in [5, 5.41) is 11.2. The number of hydrogen-bond donors (Lipinski definition) is 0. The highest BCUT2D eigenvalue weighted by Crippen LogP contribution is 2.24. The molecule has 0 heterocycles. The highest BCUT2D eigenvalue weighted by Gasteiger charge is 2.45. The van der Waals surface area contributed by atoms with Gasteiger partial charge in [-0.1, -0.05) is 103 Å². The minimum Gasteiger partial charge on any atom is -0.861 e. The van der Waals surface area contributed by atoms with Gasteiger partial charge in [0.2, 0.25) is 0 Å². The zero-order valence-corrected chi connectivity index (χ0v) is 18.1. The fraction of sp³-hybridized carbons (Fsp3) is 0.950. The summed E-state index contributed by atoms with van der Waals surface area (Å²) in [5.41, 5.74) is -5.50. The molecule has 0 aliphatic rings. The van der Waals surface area contributed by atoms with Crippen LogP contribution in [-0.4, -0.2) is 19.8 Å². The van der Waals surface area contributed by atoms with E-state index < -0.39 is 21.4 Å². The van der Waals surface area contributed by atoms with Crippen molar-refractivity contribution in [3.63, 3.8) is 0 Å². The van der Waals surface area contributed by atoms with E-state index in [9.17, 15) is 26.7 Å². The van der Waals surface area contributed by atoms with E-state index in [0.717, 1.165) is 19.3 Å². The largest absolute Gasteiger partial charge is 0.861 e. The Bertz CT molecular complexity index is 505. The average Bonchev–Trinajstić information content (AvgIpc) is 2.60. The molecule has 0 aromatic carbocycles. The van der Waals surface area contributed by atoms with Gasteiger partial charge in [0, 0.05) is 0 Å². The molecule has 0 aliphatic heterocycles. The molecule has 0 bridgehead atoms. The van der Waals surface area contributed by atoms with Gasteiger partial charge in [-0.05, 0) is 18.7 Å². The lowest BCUT2D eigenvalue weighted by molar-refractivity contribution is -0.218. The van der Waals surface area contributed by atoms with Crippen molar-refractivity contribution in [3.8, 4) is 0 Å². The molecule has 0 unspecified atom stereocenters. The fourth-order valence-corrected chi connectivity index (χ4v) is 3.52. The van der Waals surface area contributed by atoms with Crippen molar-refractivity contribution in [1.82, 2.24) is 0 Å². The summed E-state index contributed by atoms with van der Waals surface area (Å²) in [5.74, 6) is -1.22. The quantitative estimate of drug-likeness (QED) is 0.147. The summed E-state index contributed by atoms with van der Waals surface area (Å²) < 4.78 is 60.0. The van der Waals surface area contributed by atoms with Gasteiger partial charge < -0.3 is 5.11 Å². The van der Waals surface area contributed by atoms with Gasteiger partial charge in [0.25, 0.3) is 0 Å². The van der Waals surface area contributed by atoms with Crippen molar-refractivity contribution in [2.75, 3.05) is 0 Å². The van der Waals surface area contributed by atoms with Crippen molar-refractivity contribution in [1.29, 1.82) is 0 Å². The van der Waals surface area contributed by atoms with Crippen molar-refractivity contribution in [2.45, 2.75) is 122 Å². The lowest BCUT2D eigenvalue weighted by Gasteiger charge is -2.11. The highest BCUT2D eigenvalue weighted by atomic mass is 32.2. The van der Waals surface area contributed by atoms with Crippen molar-refractivity contribution >= 4 is 15.9 Å². The van der Waals surface area contributed by atoms with Crippen LogP contribution in [0, 0.1) is 0 Å². The summed E-state index contributed by atoms with van der Waals surface area (Å²) in [6.07, 6.45) is 18.3. The van der Waals surface area contributed by atoms with Crippen LogP contribution in [-0.2, 0) is 10.0 Å².